The van der Waals surface area contributed by atoms with Crippen LogP contribution in [0.5, 0.6) is 0 Å². The van der Waals surface area contributed by atoms with Crippen molar-refractivity contribution >= 4 is 33.8 Å². The lowest BCUT2D eigenvalue weighted by molar-refractivity contribution is -0.137. The topological polar surface area (TPSA) is 54.4 Å². The van der Waals surface area contributed by atoms with Crippen molar-refractivity contribution in [3.05, 3.63) is 75.3 Å². The van der Waals surface area contributed by atoms with Crippen molar-refractivity contribution in [3.8, 4) is 0 Å². The molecule has 1 amide bonds. The normalized spacial score (nSPS) is 13.2. The van der Waals surface area contributed by atoms with Crippen LogP contribution in [0.2, 0.25) is 0 Å². The number of aryl methyl sites for hydroxylation is 2. The lowest BCUT2D eigenvalue weighted by Gasteiger charge is -2.12. The van der Waals surface area contributed by atoms with Crippen LogP contribution in [-0.2, 0) is 12.6 Å². The molecule has 2 aromatic carbocycles. The second kappa shape index (κ2) is 7.11. The van der Waals surface area contributed by atoms with Gasteiger partial charge in [-0.1, -0.05) is 30.3 Å². The SMILES string of the molecule is Cc1nc(NC(=O)c2cccc3c2N=C(c2ccccc2C(F)(F)F)C3)sc1C. The quantitative estimate of drug-likeness (QED) is 0.596. The lowest BCUT2D eigenvalue weighted by atomic mass is 9.98. The molecular weight excluding hydrogens is 399 g/mol. The second-order valence-corrected chi connectivity index (χ2v) is 7.91. The van der Waals surface area contributed by atoms with E-state index >= 15 is 0 Å². The molecule has 8 heteroatoms. The number of anilines is 1. The van der Waals surface area contributed by atoms with Crippen molar-refractivity contribution in [2.75, 3.05) is 5.32 Å². The predicted octanol–water partition coefficient (Wildman–Crippen LogP) is 5.71. The fourth-order valence-corrected chi connectivity index (χ4v) is 4.04. The van der Waals surface area contributed by atoms with Crippen molar-refractivity contribution in [1.82, 2.24) is 4.98 Å². The Morgan fingerprint density at radius 1 is 1.10 bits per heavy atom. The second-order valence-electron chi connectivity index (χ2n) is 6.71. The smallest absolute Gasteiger partial charge is 0.298 e. The number of nitrogens with one attached hydrogen (secondary N) is 1. The summed E-state index contributed by atoms with van der Waals surface area (Å²) in [7, 11) is 0. The molecule has 4 nitrogen and oxygen atoms in total. The van der Waals surface area contributed by atoms with E-state index in [1.165, 1.54) is 23.5 Å². The Bertz CT molecular complexity index is 1130. The van der Waals surface area contributed by atoms with Crippen LogP contribution in [0.3, 0.4) is 0 Å². The highest BCUT2D eigenvalue weighted by molar-refractivity contribution is 7.15. The van der Waals surface area contributed by atoms with Crippen molar-refractivity contribution in [3.63, 3.8) is 0 Å². The van der Waals surface area contributed by atoms with Gasteiger partial charge in [0.2, 0.25) is 0 Å². The van der Waals surface area contributed by atoms with Gasteiger partial charge in [-0.05, 0) is 31.5 Å². The minimum Gasteiger partial charge on any atom is -0.298 e. The first-order valence-corrected chi connectivity index (χ1v) is 9.67. The highest BCUT2D eigenvalue weighted by Gasteiger charge is 2.35. The number of nitrogens with zero attached hydrogens (tertiary/aromatic N) is 2. The third-order valence-electron chi connectivity index (χ3n) is 4.76. The number of rotatable bonds is 3. The average molecular weight is 415 g/mol. The van der Waals surface area contributed by atoms with Crippen LogP contribution in [0.1, 0.15) is 37.6 Å². The number of alkyl halides is 3. The molecule has 1 aromatic heterocycles. The summed E-state index contributed by atoms with van der Waals surface area (Å²) < 4.78 is 40.2. The molecule has 29 heavy (non-hydrogen) atoms. The zero-order valence-electron chi connectivity index (χ0n) is 15.6. The largest absolute Gasteiger partial charge is 0.417 e. The molecule has 0 saturated carbocycles. The van der Waals surface area contributed by atoms with E-state index in [1.807, 2.05) is 13.8 Å². The zero-order valence-corrected chi connectivity index (χ0v) is 16.4. The molecule has 0 aliphatic carbocycles. The molecule has 1 N–H and O–H groups in total. The number of carbonyl (C=O) groups excluding carboxylic acids is 1. The molecular formula is C21H16F3N3OS. The number of thiazole rings is 1. The summed E-state index contributed by atoms with van der Waals surface area (Å²) in [5.74, 6) is -0.385. The molecule has 0 radical (unpaired) electrons. The van der Waals surface area contributed by atoms with Crippen molar-refractivity contribution in [1.29, 1.82) is 0 Å². The number of para-hydroxylation sites is 1. The zero-order chi connectivity index (χ0) is 20.8. The van der Waals surface area contributed by atoms with Gasteiger partial charge in [0.05, 0.1) is 28.2 Å². The van der Waals surface area contributed by atoms with E-state index in [1.54, 1.807) is 24.3 Å². The molecule has 4 rings (SSSR count). The predicted molar refractivity (Wildman–Crippen MR) is 107 cm³/mol. The minimum atomic E-state index is -4.48. The molecule has 0 atom stereocenters. The third kappa shape index (κ3) is 3.67. The summed E-state index contributed by atoms with van der Waals surface area (Å²) in [5, 5.41) is 3.24. The van der Waals surface area contributed by atoms with Gasteiger partial charge in [0.15, 0.2) is 5.13 Å². The molecule has 1 aliphatic rings. The Kier molecular flexibility index (Phi) is 4.74. The van der Waals surface area contributed by atoms with Crippen LogP contribution in [0.4, 0.5) is 24.0 Å². The van der Waals surface area contributed by atoms with Gasteiger partial charge in [0.1, 0.15) is 0 Å². The maximum atomic E-state index is 13.4. The van der Waals surface area contributed by atoms with Crippen molar-refractivity contribution in [2.24, 2.45) is 4.99 Å². The fourth-order valence-electron chi connectivity index (χ4n) is 3.23. The Morgan fingerprint density at radius 2 is 1.86 bits per heavy atom. The molecule has 0 bridgehead atoms. The lowest BCUT2D eigenvalue weighted by Crippen LogP contribution is -2.13. The highest BCUT2D eigenvalue weighted by atomic mass is 32.1. The summed E-state index contributed by atoms with van der Waals surface area (Å²) in [6, 6.07) is 10.5. The number of carbonyl (C=O) groups is 1. The number of amides is 1. The van der Waals surface area contributed by atoms with Gasteiger partial charge in [-0.25, -0.2) is 4.98 Å². The first kappa shape index (κ1) is 19.3. The van der Waals surface area contributed by atoms with Gasteiger partial charge < -0.3 is 0 Å². The Morgan fingerprint density at radius 3 is 2.55 bits per heavy atom. The van der Waals surface area contributed by atoms with Crippen LogP contribution in [0.25, 0.3) is 0 Å². The van der Waals surface area contributed by atoms with Crippen molar-refractivity contribution < 1.29 is 18.0 Å². The molecule has 148 valence electrons. The van der Waals surface area contributed by atoms with E-state index in [9.17, 15) is 18.0 Å². The Balaban J connectivity index is 1.70. The van der Waals surface area contributed by atoms with Gasteiger partial charge >= 0.3 is 6.18 Å². The van der Waals surface area contributed by atoms with Crippen LogP contribution in [0.15, 0.2) is 47.5 Å². The number of aliphatic imine (C=N–C) groups is 1. The standard InChI is InChI=1S/C21H16F3N3OS/c1-11-12(2)29-20(25-11)27-19(28)15-8-5-6-13-10-17(26-18(13)15)14-7-3-4-9-16(14)21(22,23)24/h3-9H,10H2,1-2H3,(H,25,27,28). The summed E-state index contributed by atoms with van der Waals surface area (Å²) in [6.07, 6.45) is -4.24. The summed E-state index contributed by atoms with van der Waals surface area (Å²) in [6.45, 7) is 3.77. The summed E-state index contributed by atoms with van der Waals surface area (Å²) in [4.78, 5) is 22.5. The van der Waals surface area contributed by atoms with E-state index in [0.717, 1.165) is 22.2 Å². The monoisotopic (exact) mass is 415 g/mol. The molecule has 0 spiro atoms. The summed E-state index contributed by atoms with van der Waals surface area (Å²) >= 11 is 1.37. The maximum Gasteiger partial charge on any atom is 0.417 e. The molecule has 0 saturated heterocycles. The third-order valence-corrected chi connectivity index (χ3v) is 5.75. The van der Waals surface area contributed by atoms with Gasteiger partial charge in [0.25, 0.3) is 5.91 Å². The Hall–Kier alpha value is -3.00. The van der Waals surface area contributed by atoms with Crippen LogP contribution < -0.4 is 5.32 Å². The number of hydrogen-bond acceptors (Lipinski definition) is 4. The number of benzene rings is 2. The van der Waals surface area contributed by atoms with Gasteiger partial charge in [-0.3, -0.25) is 15.1 Å². The molecule has 0 unspecified atom stereocenters. The van der Waals surface area contributed by atoms with Crippen LogP contribution in [-0.4, -0.2) is 16.6 Å². The van der Waals surface area contributed by atoms with Crippen LogP contribution in [0, 0.1) is 13.8 Å². The fraction of sp³-hybridized carbons (Fsp3) is 0.190. The van der Waals surface area contributed by atoms with Gasteiger partial charge in [-0.2, -0.15) is 13.2 Å². The Labute approximate surface area is 169 Å². The maximum absolute atomic E-state index is 13.4. The van der Waals surface area contributed by atoms with Gasteiger partial charge in [-0.15, -0.1) is 11.3 Å². The van der Waals surface area contributed by atoms with Crippen LogP contribution >= 0.6 is 11.3 Å². The molecule has 2 heterocycles. The van der Waals surface area contributed by atoms with Crippen molar-refractivity contribution in [2.45, 2.75) is 26.4 Å². The summed E-state index contributed by atoms with van der Waals surface area (Å²) in [5.41, 5.74) is 1.88. The highest BCUT2D eigenvalue weighted by Crippen LogP contribution is 2.37. The first-order valence-electron chi connectivity index (χ1n) is 8.85. The first-order chi connectivity index (χ1) is 13.7. The number of aromatic nitrogens is 1. The number of fused-ring (bicyclic) bond motifs is 1. The van der Waals surface area contributed by atoms with E-state index in [2.05, 4.69) is 15.3 Å². The number of halogens is 3. The van der Waals surface area contributed by atoms with Gasteiger partial charge in [0, 0.05) is 16.9 Å². The van der Waals surface area contributed by atoms with E-state index in [-0.39, 0.29) is 17.9 Å². The minimum absolute atomic E-state index is 0.0359. The average Bonchev–Trinajstić information content (AvgIpc) is 3.23. The number of hydrogen-bond donors (Lipinski definition) is 1. The van der Waals surface area contributed by atoms with E-state index in [0.29, 0.717) is 22.1 Å². The van der Waals surface area contributed by atoms with E-state index in [4.69, 9.17) is 0 Å². The molecule has 1 aliphatic heterocycles. The van der Waals surface area contributed by atoms with E-state index < -0.39 is 11.7 Å². The molecule has 3 aromatic rings. The molecule has 0 fully saturated rings.